The number of hydrogen-bond acceptors (Lipinski definition) is 4. The van der Waals surface area contributed by atoms with Gasteiger partial charge in [0.05, 0.1) is 20.6 Å². The van der Waals surface area contributed by atoms with Crippen LogP contribution in [0.15, 0.2) is 42.5 Å². The zero-order valence-electron chi connectivity index (χ0n) is 19.7. The van der Waals surface area contributed by atoms with E-state index in [4.69, 9.17) is 9.47 Å². The molecule has 0 aliphatic carbocycles. The Hall–Kier alpha value is -2.53. The number of methoxy groups -OCH3 is 2. The first-order valence-electron chi connectivity index (χ1n) is 11.9. The number of ether oxygens (including phenoxy) is 2. The summed E-state index contributed by atoms with van der Waals surface area (Å²) in [5, 5.41) is 0. The van der Waals surface area contributed by atoms with Crippen molar-refractivity contribution in [2.75, 3.05) is 33.9 Å². The van der Waals surface area contributed by atoms with Gasteiger partial charge in [-0.3, -0.25) is 9.69 Å². The summed E-state index contributed by atoms with van der Waals surface area (Å²) in [6, 6.07) is 15.4. The van der Waals surface area contributed by atoms with E-state index < -0.39 is 0 Å². The molecule has 5 nitrogen and oxygen atoms in total. The lowest BCUT2D eigenvalue weighted by Gasteiger charge is -2.43. The Labute approximate surface area is 192 Å². The molecular weight excluding hydrogens is 400 g/mol. The maximum absolute atomic E-state index is 13.3. The van der Waals surface area contributed by atoms with E-state index in [-0.39, 0.29) is 11.9 Å². The third-order valence-corrected chi connectivity index (χ3v) is 7.23. The highest BCUT2D eigenvalue weighted by atomic mass is 16.5. The second kappa shape index (κ2) is 10.4. The minimum atomic E-state index is 0.205. The van der Waals surface area contributed by atoms with Gasteiger partial charge in [0.15, 0.2) is 11.5 Å². The molecule has 2 aromatic rings. The first-order chi connectivity index (χ1) is 15.6. The highest BCUT2D eigenvalue weighted by molar-refractivity contribution is 5.80. The fourth-order valence-corrected chi connectivity index (χ4v) is 5.39. The van der Waals surface area contributed by atoms with Crippen LogP contribution in [-0.2, 0) is 24.1 Å². The molecular formula is C27H36N2O3. The second-order valence-electron chi connectivity index (χ2n) is 9.07. The Morgan fingerprint density at radius 2 is 1.72 bits per heavy atom. The zero-order valence-corrected chi connectivity index (χ0v) is 19.7. The van der Waals surface area contributed by atoms with Crippen LogP contribution in [-0.4, -0.2) is 61.6 Å². The number of carbonyl (C=O) groups excluding carboxylic acids is 1. The Balaban J connectivity index is 1.47. The average Bonchev–Trinajstić information content (AvgIpc) is 2.99. The van der Waals surface area contributed by atoms with E-state index in [1.165, 1.54) is 24.0 Å². The van der Waals surface area contributed by atoms with Crippen molar-refractivity contribution in [1.82, 2.24) is 9.80 Å². The minimum Gasteiger partial charge on any atom is -0.493 e. The lowest BCUT2D eigenvalue weighted by atomic mass is 9.94. The molecule has 2 aromatic carbocycles. The average molecular weight is 437 g/mol. The number of piperidine rings is 1. The number of fused-ring (bicyclic) bond motifs is 1. The molecule has 4 rings (SSSR count). The van der Waals surface area contributed by atoms with Crippen molar-refractivity contribution in [3.05, 3.63) is 59.2 Å². The molecule has 0 N–H and O–H groups in total. The summed E-state index contributed by atoms with van der Waals surface area (Å²) in [5.74, 6) is 1.65. The van der Waals surface area contributed by atoms with Crippen LogP contribution in [0.4, 0.5) is 0 Å². The summed E-state index contributed by atoms with van der Waals surface area (Å²) in [7, 11) is 3.30. The predicted octanol–water partition coefficient (Wildman–Crippen LogP) is 4.12. The number of likely N-dealkylation sites (tertiary alicyclic amines) is 1. The number of rotatable bonds is 7. The van der Waals surface area contributed by atoms with Crippen LogP contribution < -0.4 is 9.47 Å². The van der Waals surface area contributed by atoms with Gasteiger partial charge in [0.2, 0.25) is 5.91 Å². The fourth-order valence-electron chi connectivity index (χ4n) is 5.39. The molecule has 1 fully saturated rings. The summed E-state index contributed by atoms with van der Waals surface area (Å²) >= 11 is 0. The summed E-state index contributed by atoms with van der Waals surface area (Å²) in [4.78, 5) is 18.1. The van der Waals surface area contributed by atoms with Gasteiger partial charge in [-0.15, -0.1) is 0 Å². The van der Waals surface area contributed by atoms with Crippen LogP contribution >= 0.6 is 0 Å². The highest BCUT2D eigenvalue weighted by Crippen LogP contribution is 2.33. The first-order valence-corrected chi connectivity index (χ1v) is 11.9. The van der Waals surface area contributed by atoms with Gasteiger partial charge < -0.3 is 14.4 Å². The van der Waals surface area contributed by atoms with E-state index in [1.54, 1.807) is 14.2 Å². The van der Waals surface area contributed by atoms with Crippen molar-refractivity contribution in [3.63, 3.8) is 0 Å². The molecule has 0 aromatic heterocycles. The third kappa shape index (κ3) is 4.93. The highest BCUT2D eigenvalue weighted by Gasteiger charge is 2.34. The summed E-state index contributed by atoms with van der Waals surface area (Å²) in [6.45, 7) is 5.18. The van der Waals surface area contributed by atoms with E-state index in [9.17, 15) is 4.79 Å². The first kappa shape index (κ1) is 22.7. The lowest BCUT2D eigenvalue weighted by Crippen LogP contribution is -2.54. The molecule has 2 aliphatic rings. The minimum absolute atomic E-state index is 0.205. The summed E-state index contributed by atoms with van der Waals surface area (Å²) < 4.78 is 11.0. The van der Waals surface area contributed by atoms with Gasteiger partial charge in [0.25, 0.3) is 0 Å². The summed E-state index contributed by atoms with van der Waals surface area (Å²) in [6.07, 6.45) is 5.99. The van der Waals surface area contributed by atoms with Crippen LogP contribution in [0, 0.1) is 0 Å². The predicted molar refractivity (Wildman–Crippen MR) is 127 cm³/mol. The van der Waals surface area contributed by atoms with E-state index in [1.807, 2.05) is 12.1 Å². The SMILES string of the molecule is COc1cc2c(cc1OC)CC(=O)N(C(C)C1CCCCN1CCc1ccccc1)CC2. The van der Waals surface area contributed by atoms with Gasteiger partial charge in [0.1, 0.15) is 0 Å². The van der Waals surface area contributed by atoms with Crippen LogP contribution in [0.5, 0.6) is 11.5 Å². The smallest absolute Gasteiger partial charge is 0.227 e. The van der Waals surface area contributed by atoms with Crippen LogP contribution in [0.2, 0.25) is 0 Å². The van der Waals surface area contributed by atoms with Crippen LogP contribution in [0.1, 0.15) is 42.9 Å². The Morgan fingerprint density at radius 3 is 2.44 bits per heavy atom. The molecule has 5 heteroatoms. The Kier molecular flexibility index (Phi) is 7.36. The summed E-state index contributed by atoms with van der Waals surface area (Å²) in [5.41, 5.74) is 3.64. The molecule has 32 heavy (non-hydrogen) atoms. The molecule has 2 aliphatic heterocycles. The van der Waals surface area contributed by atoms with Crippen molar-refractivity contribution in [2.45, 2.75) is 57.5 Å². The van der Waals surface area contributed by atoms with Crippen LogP contribution in [0.3, 0.4) is 0 Å². The number of benzene rings is 2. The van der Waals surface area contributed by atoms with Crippen molar-refractivity contribution in [1.29, 1.82) is 0 Å². The van der Waals surface area contributed by atoms with Crippen molar-refractivity contribution in [2.24, 2.45) is 0 Å². The van der Waals surface area contributed by atoms with Gasteiger partial charge in [-0.1, -0.05) is 36.8 Å². The van der Waals surface area contributed by atoms with Crippen LogP contribution in [0.25, 0.3) is 0 Å². The van der Waals surface area contributed by atoms with E-state index in [0.29, 0.717) is 18.2 Å². The maximum Gasteiger partial charge on any atom is 0.227 e. The van der Waals surface area contributed by atoms with Gasteiger partial charge in [0, 0.05) is 25.2 Å². The third-order valence-electron chi connectivity index (χ3n) is 7.23. The number of carbonyl (C=O) groups is 1. The van der Waals surface area contributed by atoms with Crippen molar-refractivity contribution in [3.8, 4) is 11.5 Å². The molecule has 2 unspecified atom stereocenters. The fraction of sp³-hybridized carbons (Fsp3) is 0.519. The lowest BCUT2D eigenvalue weighted by molar-refractivity contribution is -0.134. The standard InChI is InChI=1S/C27H36N2O3/c1-20(24-11-7-8-14-28(24)15-12-21-9-5-4-6-10-21)29-16-13-22-17-25(31-2)26(32-3)18-23(22)19-27(29)30/h4-6,9-10,17-18,20,24H,7-8,11-16,19H2,1-3H3. The van der Waals surface area contributed by atoms with Crippen molar-refractivity contribution >= 4 is 5.91 Å². The second-order valence-corrected chi connectivity index (χ2v) is 9.07. The molecule has 2 atom stereocenters. The molecule has 1 amide bonds. The molecule has 2 heterocycles. The van der Waals surface area contributed by atoms with Crippen molar-refractivity contribution < 1.29 is 14.3 Å². The quantitative estimate of drug-likeness (QED) is 0.655. The maximum atomic E-state index is 13.3. The molecule has 0 radical (unpaired) electrons. The molecule has 0 saturated carbocycles. The molecule has 0 bridgehead atoms. The Morgan fingerprint density at radius 1 is 1.00 bits per heavy atom. The van der Waals surface area contributed by atoms with Gasteiger partial charge in [-0.2, -0.15) is 0 Å². The number of hydrogen-bond donors (Lipinski definition) is 0. The Bertz CT molecular complexity index is 915. The molecule has 1 saturated heterocycles. The van der Waals surface area contributed by atoms with E-state index in [2.05, 4.69) is 47.1 Å². The molecule has 0 spiro atoms. The van der Waals surface area contributed by atoms with E-state index >= 15 is 0 Å². The number of amides is 1. The monoisotopic (exact) mass is 436 g/mol. The number of nitrogens with zero attached hydrogens (tertiary/aromatic N) is 2. The largest absolute Gasteiger partial charge is 0.493 e. The zero-order chi connectivity index (χ0) is 22.5. The van der Waals surface area contributed by atoms with Gasteiger partial charge in [-0.05, 0) is 68.0 Å². The van der Waals surface area contributed by atoms with E-state index in [0.717, 1.165) is 50.2 Å². The molecule has 172 valence electrons. The van der Waals surface area contributed by atoms with Gasteiger partial charge >= 0.3 is 0 Å². The topological polar surface area (TPSA) is 42.0 Å². The normalized spacial score (nSPS) is 20.4. The van der Waals surface area contributed by atoms with Gasteiger partial charge in [-0.25, -0.2) is 0 Å².